The van der Waals surface area contributed by atoms with Crippen LogP contribution in [0.15, 0.2) is 58.3 Å². The van der Waals surface area contributed by atoms with Gasteiger partial charge in [0.15, 0.2) is 0 Å². The van der Waals surface area contributed by atoms with Crippen molar-refractivity contribution < 1.29 is 19.1 Å². The van der Waals surface area contributed by atoms with Gasteiger partial charge in [-0.05, 0) is 48.7 Å². The fourth-order valence-electron chi connectivity index (χ4n) is 3.38. The third-order valence-electron chi connectivity index (χ3n) is 4.92. The number of carboxylic acids is 1. The standard InChI is InChI=1S/C20H20FNO3S/c1-14(23)22-12-10-20(11-13-22,19(24)25)17-4-2-3-5-18(17)26-16-8-6-15(21)7-9-16/h2-9H,10-13H2,1H3,(H,24,25). The number of rotatable bonds is 4. The zero-order chi connectivity index (χ0) is 18.7. The molecule has 1 aliphatic rings. The minimum atomic E-state index is -1.02. The van der Waals surface area contributed by atoms with Crippen LogP contribution >= 0.6 is 11.8 Å². The molecule has 1 amide bonds. The Morgan fingerprint density at radius 3 is 2.27 bits per heavy atom. The van der Waals surface area contributed by atoms with Gasteiger partial charge in [-0.3, -0.25) is 9.59 Å². The van der Waals surface area contributed by atoms with Crippen LogP contribution in [0.2, 0.25) is 0 Å². The van der Waals surface area contributed by atoms with Gasteiger partial charge in [0.25, 0.3) is 0 Å². The zero-order valence-electron chi connectivity index (χ0n) is 14.4. The summed E-state index contributed by atoms with van der Waals surface area (Å²) in [5, 5.41) is 10.0. The number of piperidine rings is 1. The van der Waals surface area contributed by atoms with E-state index in [4.69, 9.17) is 0 Å². The summed E-state index contributed by atoms with van der Waals surface area (Å²) >= 11 is 1.43. The van der Waals surface area contributed by atoms with Gasteiger partial charge in [-0.15, -0.1) is 0 Å². The van der Waals surface area contributed by atoms with E-state index >= 15 is 0 Å². The normalized spacial score (nSPS) is 16.3. The van der Waals surface area contributed by atoms with Crippen LogP contribution in [0.4, 0.5) is 4.39 Å². The Bertz CT molecular complexity index is 814. The monoisotopic (exact) mass is 373 g/mol. The molecule has 1 heterocycles. The molecule has 4 nitrogen and oxygen atoms in total. The second-order valence-electron chi connectivity index (χ2n) is 6.45. The fourth-order valence-corrected chi connectivity index (χ4v) is 4.43. The minimum Gasteiger partial charge on any atom is -0.481 e. The second kappa shape index (κ2) is 7.50. The van der Waals surface area contributed by atoms with Crippen LogP contribution in [-0.4, -0.2) is 35.0 Å². The molecule has 136 valence electrons. The molecule has 1 N–H and O–H groups in total. The number of halogens is 1. The molecule has 1 saturated heterocycles. The molecule has 6 heteroatoms. The van der Waals surface area contributed by atoms with E-state index < -0.39 is 11.4 Å². The largest absolute Gasteiger partial charge is 0.481 e. The maximum absolute atomic E-state index is 13.1. The summed E-state index contributed by atoms with van der Waals surface area (Å²) in [6.45, 7) is 2.36. The highest BCUT2D eigenvalue weighted by molar-refractivity contribution is 7.99. The van der Waals surface area contributed by atoms with Crippen LogP contribution in [0.25, 0.3) is 0 Å². The first-order valence-electron chi connectivity index (χ1n) is 8.44. The highest BCUT2D eigenvalue weighted by Gasteiger charge is 2.44. The topological polar surface area (TPSA) is 57.6 Å². The predicted octanol–water partition coefficient (Wildman–Crippen LogP) is 3.94. The maximum Gasteiger partial charge on any atom is 0.314 e. The van der Waals surface area contributed by atoms with Crippen molar-refractivity contribution in [2.75, 3.05) is 13.1 Å². The lowest BCUT2D eigenvalue weighted by Crippen LogP contribution is -2.48. The Labute approximate surface area is 156 Å². The number of nitrogens with zero attached hydrogens (tertiary/aromatic N) is 1. The van der Waals surface area contributed by atoms with Crippen molar-refractivity contribution in [3.63, 3.8) is 0 Å². The summed E-state index contributed by atoms with van der Waals surface area (Å²) in [5.41, 5.74) is -0.264. The zero-order valence-corrected chi connectivity index (χ0v) is 15.3. The van der Waals surface area contributed by atoms with E-state index in [0.29, 0.717) is 25.9 Å². The van der Waals surface area contributed by atoms with Crippen LogP contribution in [0.1, 0.15) is 25.3 Å². The van der Waals surface area contributed by atoms with Gasteiger partial charge in [-0.25, -0.2) is 4.39 Å². The molecule has 1 aliphatic heterocycles. The first-order valence-corrected chi connectivity index (χ1v) is 9.26. The van der Waals surface area contributed by atoms with Crippen molar-refractivity contribution in [1.82, 2.24) is 4.90 Å². The molecule has 1 fully saturated rings. The Morgan fingerprint density at radius 1 is 1.08 bits per heavy atom. The molecular weight excluding hydrogens is 353 g/mol. The smallest absolute Gasteiger partial charge is 0.314 e. The van der Waals surface area contributed by atoms with E-state index in [0.717, 1.165) is 15.4 Å². The van der Waals surface area contributed by atoms with Gasteiger partial charge in [-0.1, -0.05) is 30.0 Å². The second-order valence-corrected chi connectivity index (χ2v) is 7.56. The molecule has 26 heavy (non-hydrogen) atoms. The number of likely N-dealkylation sites (tertiary alicyclic amines) is 1. The average molecular weight is 373 g/mol. The van der Waals surface area contributed by atoms with Gasteiger partial charge >= 0.3 is 5.97 Å². The molecule has 2 aromatic rings. The Balaban J connectivity index is 1.95. The van der Waals surface area contributed by atoms with Gasteiger partial charge in [-0.2, -0.15) is 0 Å². The number of carboxylic acid groups (broad SMARTS) is 1. The van der Waals surface area contributed by atoms with Gasteiger partial charge in [0.1, 0.15) is 5.82 Å². The summed E-state index contributed by atoms with van der Waals surface area (Å²) in [5.74, 6) is -1.20. The highest BCUT2D eigenvalue weighted by Crippen LogP contribution is 2.42. The van der Waals surface area contributed by atoms with E-state index in [2.05, 4.69) is 0 Å². The first kappa shape index (κ1) is 18.5. The minimum absolute atomic E-state index is 0.0297. The van der Waals surface area contributed by atoms with E-state index in [9.17, 15) is 19.1 Å². The van der Waals surface area contributed by atoms with Crippen molar-refractivity contribution in [3.05, 3.63) is 59.9 Å². The average Bonchev–Trinajstić information content (AvgIpc) is 2.64. The number of carbonyl (C=O) groups is 2. The molecule has 0 saturated carbocycles. The number of benzene rings is 2. The summed E-state index contributed by atoms with van der Waals surface area (Å²) < 4.78 is 13.1. The molecule has 0 atom stereocenters. The van der Waals surface area contributed by atoms with E-state index in [1.165, 1.54) is 30.8 Å². The quantitative estimate of drug-likeness (QED) is 0.882. The van der Waals surface area contributed by atoms with Crippen LogP contribution in [0.5, 0.6) is 0 Å². The van der Waals surface area contributed by atoms with Crippen molar-refractivity contribution in [2.45, 2.75) is 35.0 Å². The van der Waals surface area contributed by atoms with E-state index in [1.54, 1.807) is 17.0 Å². The molecule has 0 spiro atoms. The fraction of sp³-hybridized carbons (Fsp3) is 0.300. The maximum atomic E-state index is 13.1. The molecular formula is C20H20FNO3S. The summed E-state index contributed by atoms with van der Waals surface area (Å²) in [7, 11) is 0. The van der Waals surface area contributed by atoms with Gasteiger partial charge in [0, 0.05) is 29.8 Å². The SMILES string of the molecule is CC(=O)N1CCC(C(=O)O)(c2ccccc2Sc2ccc(F)cc2)CC1. The van der Waals surface area contributed by atoms with Crippen molar-refractivity contribution in [3.8, 4) is 0 Å². The highest BCUT2D eigenvalue weighted by atomic mass is 32.2. The number of hydrogen-bond donors (Lipinski definition) is 1. The van der Waals surface area contributed by atoms with Crippen LogP contribution < -0.4 is 0 Å². The summed E-state index contributed by atoms with van der Waals surface area (Å²) in [4.78, 5) is 27.2. The molecule has 0 radical (unpaired) electrons. The van der Waals surface area contributed by atoms with Crippen LogP contribution in [0.3, 0.4) is 0 Å². The lowest BCUT2D eigenvalue weighted by atomic mass is 9.72. The molecule has 0 unspecified atom stereocenters. The van der Waals surface area contributed by atoms with E-state index in [-0.39, 0.29) is 11.7 Å². The van der Waals surface area contributed by atoms with Crippen molar-refractivity contribution in [2.24, 2.45) is 0 Å². The first-order chi connectivity index (χ1) is 12.4. The molecule has 3 rings (SSSR count). The van der Waals surface area contributed by atoms with Gasteiger partial charge in [0.05, 0.1) is 5.41 Å². The molecule has 0 aliphatic carbocycles. The molecule has 0 bridgehead atoms. The predicted molar refractivity (Wildman–Crippen MR) is 97.8 cm³/mol. The lowest BCUT2D eigenvalue weighted by Gasteiger charge is -2.39. The summed E-state index contributed by atoms with van der Waals surface area (Å²) in [6.07, 6.45) is 0.756. The van der Waals surface area contributed by atoms with Crippen LogP contribution in [0, 0.1) is 5.82 Å². The van der Waals surface area contributed by atoms with Gasteiger partial charge < -0.3 is 10.0 Å². The number of aliphatic carboxylic acids is 1. The number of amides is 1. The van der Waals surface area contributed by atoms with Crippen molar-refractivity contribution in [1.29, 1.82) is 0 Å². The summed E-state index contributed by atoms with van der Waals surface area (Å²) in [6, 6.07) is 13.6. The third-order valence-corrected chi connectivity index (χ3v) is 6.00. The van der Waals surface area contributed by atoms with Crippen molar-refractivity contribution >= 4 is 23.6 Å². The Kier molecular flexibility index (Phi) is 5.32. The third kappa shape index (κ3) is 3.60. The number of carbonyl (C=O) groups excluding carboxylic acids is 1. The van der Waals surface area contributed by atoms with Crippen LogP contribution in [-0.2, 0) is 15.0 Å². The Hall–Kier alpha value is -2.34. The van der Waals surface area contributed by atoms with E-state index in [1.807, 2.05) is 24.3 Å². The molecule has 0 aromatic heterocycles. The number of hydrogen-bond acceptors (Lipinski definition) is 3. The lowest BCUT2D eigenvalue weighted by molar-refractivity contribution is -0.148. The Morgan fingerprint density at radius 2 is 1.69 bits per heavy atom. The van der Waals surface area contributed by atoms with Gasteiger partial charge in [0.2, 0.25) is 5.91 Å². The molecule has 2 aromatic carbocycles.